The van der Waals surface area contributed by atoms with Gasteiger partial charge in [0.25, 0.3) is 0 Å². The molecule has 4 heteroatoms. The molecular weight excluding hydrogens is 250 g/mol. The van der Waals surface area contributed by atoms with Crippen molar-refractivity contribution in [1.82, 2.24) is 9.47 Å². The number of likely N-dealkylation sites (N-methyl/N-ethyl adjacent to an activating group) is 1. The predicted molar refractivity (Wildman–Crippen MR) is 82.0 cm³/mol. The summed E-state index contributed by atoms with van der Waals surface area (Å²) in [4.78, 5) is 2.17. The number of methoxy groups -OCH3 is 1. The minimum absolute atomic E-state index is 0.113. The third kappa shape index (κ3) is 3.40. The highest BCUT2D eigenvalue weighted by Gasteiger charge is 2.13. The molecule has 1 aromatic carbocycles. The van der Waals surface area contributed by atoms with Gasteiger partial charge >= 0.3 is 0 Å². The van der Waals surface area contributed by atoms with Crippen LogP contribution in [0.4, 0.5) is 0 Å². The first-order valence-corrected chi connectivity index (χ1v) is 6.81. The second-order valence-corrected chi connectivity index (χ2v) is 5.18. The van der Waals surface area contributed by atoms with Crippen LogP contribution in [0.3, 0.4) is 0 Å². The van der Waals surface area contributed by atoms with Gasteiger partial charge in [0.2, 0.25) is 0 Å². The Morgan fingerprint density at radius 2 is 1.90 bits per heavy atom. The number of hydrogen-bond acceptors (Lipinski definition) is 3. The fraction of sp³-hybridized carbons (Fsp3) is 0.375. The normalized spacial score (nSPS) is 12.7. The van der Waals surface area contributed by atoms with E-state index in [-0.39, 0.29) is 6.04 Å². The molecule has 0 radical (unpaired) electrons. The standard InChI is InChI=1S/C16H23N3O/c1-18(2)11-12-19-10-4-5-15(19)16(17)13-6-8-14(20-3)9-7-13/h4-10,16H,11-12,17H2,1-3H3. The molecule has 0 spiro atoms. The maximum atomic E-state index is 6.38. The third-order valence-electron chi connectivity index (χ3n) is 3.45. The second-order valence-electron chi connectivity index (χ2n) is 5.18. The summed E-state index contributed by atoms with van der Waals surface area (Å²) in [6.45, 7) is 1.94. The zero-order chi connectivity index (χ0) is 14.5. The predicted octanol–water partition coefficient (Wildman–Crippen LogP) is 2.11. The van der Waals surface area contributed by atoms with E-state index in [2.05, 4.69) is 35.8 Å². The summed E-state index contributed by atoms with van der Waals surface area (Å²) in [5.41, 5.74) is 8.61. The van der Waals surface area contributed by atoms with Gasteiger partial charge in [-0.3, -0.25) is 0 Å². The van der Waals surface area contributed by atoms with Crippen LogP contribution >= 0.6 is 0 Å². The maximum absolute atomic E-state index is 6.38. The van der Waals surface area contributed by atoms with Gasteiger partial charge < -0.3 is 19.9 Å². The van der Waals surface area contributed by atoms with Crippen LogP contribution in [0.5, 0.6) is 5.75 Å². The Kier molecular flexibility index (Phi) is 4.82. The molecular formula is C16H23N3O. The van der Waals surface area contributed by atoms with Crippen molar-refractivity contribution in [3.63, 3.8) is 0 Å². The number of hydrogen-bond donors (Lipinski definition) is 1. The first-order chi connectivity index (χ1) is 9.61. The van der Waals surface area contributed by atoms with E-state index < -0.39 is 0 Å². The van der Waals surface area contributed by atoms with Crippen molar-refractivity contribution < 1.29 is 4.74 Å². The lowest BCUT2D eigenvalue weighted by Crippen LogP contribution is -2.22. The monoisotopic (exact) mass is 273 g/mol. The quantitative estimate of drug-likeness (QED) is 0.876. The zero-order valence-corrected chi connectivity index (χ0v) is 12.4. The topological polar surface area (TPSA) is 43.4 Å². The van der Waals surface area contributed by atoms with E-state index in [1.165, 1.54) is 0 Å². The molecule has 108 valence electrons. The van der Waals surface area contributed by atoms with Crippen molar-refractivity contribution >= 4 is 0 Å². The Morgan fingerprint density at radius 1 is 1.20 bits per heavy atom. The van der Waals surface area contributed by atoms with E-state index in [0.717, 1.165) is 30.1 Å². The average Bonchev–Trinajstić information content (AvgIpc) is 2.93. The first kappa shape index (κ1) is 14.6. The Bertz CT molecular complexity index is 531. The summed E-state index contributed by atoms with van der Waals surface area (Å²) in [6.07, 6.45) is 2.09. The number of rotatable bonds is 6. The van der Waals surface area contributed by atoms with Crippen LogP contribution in [0.2, 0.25) is 0 Å². The molecule has 0 fully saturated rings. The highest BCUT2D eigenvalue weighted by molar-refractivity contribution is 5.33. The van der Waals surface area contributed by atoms with Crippen LogP contribution in [0.15, 0.2) is 42.6 Å². The summed E-state index contributed by atoms with van der Waals surface area (Å²) in [6, 6.07) is 12.0. The van der Waals surface area contributed by atoms with E-state index in [1.807, 2.05) is 30.3 Å². The molecule has 1 aromatic heterocycles. The lowest BCUT2D eigenvalue weighted by molar-refractivity contribution is 0.380. The Hall–Kier alpha value is -1.78. The van der Waals surface area contributed by atoms with Crippen LogP contribution in [-0.2, 0) is 6.54 Å². The highest BCUT2D eigenvalue weighted by atomic mass is 16.5. The van der Waals surface area contributed by atoms with E-state index in [9.17, 15) is 0 Å². The van der Waals surface area contributed by atoms with E-state index in [4.69, 9.17) is 10.5 Å². The fourth-order valence-electron chi connectivity index (χ4n) is 2.20. The van der Waals surface area contributed by atoms with Gasteiger partial charge in [0.1, 0.15) is 5.75 Å². The molecule has 2 aromatic rings. The summed E-state index contributed by atoms with van der Waals surface area (Å²) >= 11 is 0. The molecule has 0 aliphatic rings. The molecule has 2 N–H and O–H groups in total. The molecule has 1 atom stereocenters. The smallest absolute Gasteiger partial charge is 0.118 e. The van der Waals surface area contributed by atoms with Crippen molar-refractivity contribution in [1.29, 1.82) is 0 Å². The van der Waals surface area contributed by atoms with Crippen LogP contribution < -0.4 is 10.5 Å². The van der Waals surface area contributed by atoms with Crippen LogP contribution in [0.25, 0.3) is 0 Å². The van der Waals surface area contributed by atoms with Crippen molar-refractivity contribution in [3.8, 4) is 5.75 Å². The largest absolute Gasteiger partial charge is 0.497 e. The summed E-state index contributed by atoms with van der Waals surface area (Å²) < 4.78 is 7.39. The van der Waals surface area contributed by atoms with Crippen molar-refractivity contribution in [2.75, 3.05) is 27.7 Å². The summed E-state index contributed by atoms with van der Waals surface area (Å²) in [7, 11) is 5.82. The van der Waals surface area contributed by atoms with Crippen molar-refractivity contribution in [2.45, 2.75) is 12.6 Å². The number of benzene rings is 1. The molecule has 0 saturated carbocycles. The van der Waals surface area contributed by atoms with Crippen LogP contribution in [-0.4, -0.2) is 37.2 Å². The molecule has 0 amide bonds. The Labute approximate surface area is 120 Å². The molecule has 4 nitrogen and oxygen atoms in total. The van der Waals surface area contributed by atoms with Gasteiger partial charge in [-0.2, -0.15) is 0 Å². The molecule has 2 rings (SSSR count). The maximum Gasteiger partial charge on any atom is 0.118 e. The minimum Gasteiger partial charge on any atom is -0.497 e. The first-order valence-electron chi connectivity index (χ1n) is 6.81. The molecule has 20 heavy (non-hydrogen) atoms. The van der Waals surface area contributed by atoms with Gasteiger partial charge in [-0.15, -0.1) is 0 Å². The third-order valence-corrected chi connectivity index (χ3v) is 3.45. The lowest BCUT2D eigenvalue weighted by atomic mass is 10.0. The summed E-state index contributed by atoms with van der Waals surface area (Å²) in [5.74, 6) is 0.851. The Morgan fingerprint density at radius 3 is 2.50 bits per heavy atom. The Balaban J connectivity index is 2.15. The second kappa shape index (κ2) is 6.59. The number of aromatic nitrogens is 1. The van der Waals surface area contributed by atoms with Crippen LogP contribution in [0.1, 0.15) is 17.3 Å². The van der Waals surface area contributed by atoms with Crippen LogP contribution in [0, 0.1) is 0 Å². The summed E-state index contributed by atoms with van der Waals surface area (Å²) in [5, 5.41) is 0. The van der Waals surface area contributed by atoms with Crippen molar-refractivity contribution in [3.05, 3.63) is 53.9 Å². The highest BCUT2D eigenvalue weighted by Crippen LogP contribution is 2.22. The van der Waals surface area contributed by atoms with Gasteiger partial charge in [0.05, 0.1) is 13.2 Å². The molecule has 1 heterocycles. The fourth-order valence-corrected chi connectivity index (χ4v) is 2.20. The molecule has 0 saturated heterocycles. The molecule has 0 aliphatic heterocycles. The van der Waals surface area contributed by atoms with Gasteiger partial charge in [-0.25, -0.2) is 0 Å². The minimum atomic E-state index is -0.113. The van der Waals surface area contributed by atoms with Gasteiger partial charge in [-0.05, 0) is 43.9 Å². The van der Waals surface area contributed by atoms with E-state index in [0.29, 0.717) is 0 Å². The van der Waals surface area contributed by atoms with Crippen molar-refractivity contribution in [2.24, 2.45) is 5.73 Å². The SMILES string of the molecule is COc1ccc(C(N)c2cccn2CCN(C)C)cc1. The van der Waals surface area contributed by atoms with Gasteiger partial charge in [0.15, 0.2) is 0 Å². The lowest BCUT2D eigenvalue weighted by Gasteiger charge is -2.18. The number of nitrogens with two attached hydrogens (primary N) is 1. The number of nitrogens with zero attached hydrogens (tertiary/aromatic N) is 2. The average molecular weight is 273 g/mol. The van der Waals surface area contributed by atoms with Gasteiger partial charge in [0, 0.05) is 25.0 Å². The van der Waals surface area contributed by atoms with Gasteiger partial charge in [-0.1, -0.05) is 12.1 Å². The van der Waals surface area contributed by atoms with E-state index in [1.54, 1.807) is 7.11 Å². The molecule has 1 unspecified atom stereocenters. The number of ether oxygens (including phenoxy) is 1. The molecule has 0 aliphatic carbocycles. The van der Waals surface area contributed by atoms with E-state index >= 15 is 0 Å². The molecule has 0 bridgehead atoms. The zero-order valence-electron chi connectivity index (χ0n) is 12.4.